The van der Waals surface area contributed by atoms with Crippen molar-refractivity contribution in [2.45, 2.75) is 19.9 Å². The lowest BCUT2D eigenvalue weighted by Crippen LogP contribution is -2.48. The van der Waals surface area contributed by atoms with Crippen LogP contribution in [0.5, 0.6) is 0 Å². The molecule has 1 aliphatic heterocycles. The van der Waals surface area contributed by atoms with Crippen molar-refractivity contribution in [1.29, 1.82) is 0 Å². The second-order valence-corrected chi connectivity index (χ2v) is 4.62. The molecule has 0 radical (unpaired) electrons. The maximum atomic E-state index is 11.5. The summed E-state index contributed by atoms with van der Waals surface area (Å²) >= 11 is 0. The van der Waals surface area contributed by atoms with Gasteiger partial charge in [-0.25, -0.2) is 4.79 Å². The zero-order valence-electron chi connectivity index (χ0n) is 9.90. The molecule has 0 aromatic rings. The summed E-state index contributed by atoms with van der Waals surface area (Å²) < 4.78 is 4.95. The van der Waals surface area contributed by atoms with Crippen LogP contribution in [0.25, 0.3) is 0 Å². The van der Waals surface area contributed by atoms with Gasteiger partial charge in [-0.2, -0.15) is 0 Å². The van der Waals surface area contributed by atoms with E-state index in [4.69, 9.17) is 4.74 Å². The molecule has 0 saturated carbocycles. The SMILES string of the molecule is CCOC(=O)NC1C(C)C=CC2CNCC21. The molecule has 0 spiro atoms. The van der Waals surface area contributed by atoms with E-state index >= 15 is 0 Å². The van der Waals surface area contributed by atoms with Gasteiger partial charge in [0.2, 0.25) is 0 Å². The monoisotopic (exact) mass is 224 g/mol. The van der Waals surface area contributed by atoms with Crippen LogP contribution in [-0.4, -0.2) is 31.8 Å². The highest BCUT2D eigenvalue weighted by molar-refractivity contribution is 5.67. The molecular weight excluding hydrogens is 204 g/mol. The van der Waals surface area contributed by atoms with Crippen molar-refractivity contribution in [2.24, 2.45) is 17.8 Å². The highest BCUT2D eigenvalue weighted by Crippen LogP contribution is 2.31. The van der Waals surface area contributed by atoms with Crippen LogP contribution in [0.2, 0.25) is 0 Å². The number of ether oxygens (including phenoxy) is 1. The minimum Gasteiger partial charge on any atom is -0.450 e. The van der Waals surface area contributed by atoms with Gasteiger partial charge >= 0.3 is 6.09 Å². The number of fused-ring (bicyclic) bond motifs is 1. The maximum absolute atomic E-state index is 11.5. The summed E-state index contributed by atoms with van der Waals surface area (Å²) in [6.07, 6.45) is 4.18. The Morgan fingerprint density at radius 1 is 1.50 bits per heavy atom. The summed E-state index contributed by atoms with van der Waals surface area (Å²) in [5, 5.41) is 6.37. The first-order chi connectivity index (χ1) is 7.72. The Bertz CT molecular complexity index is 291. The molecule has 2 aliphatic rings. The number of rotatable bonds is 2. The maximum Gasteiger partial charge on any atom is 0.407 e. The van der Waals surface area contributed by atoms with Gasteiger partial charge < -0.3 is 15.4 Å². The number of carbonyl (C=O) groups excluding carboxylic acids is 1. The van der Waals surface area contributed by atoms with E-state index in [2.05, 4.69) is 29.7 Å². The van der Waals surface area contributed by atoms with Gasteiger partial charge in [-0.1, -0.05) is 19.1 Å². The summed E-state index contributed by atoms with van der Waals surface area (Å²) in [6, 6.07) is 0.198. The predicted molar refractivity (Wildman–Crippen MR) is 62.1 cm³/mol. The van der Waals surface area contributed by atoms with E-state index in [1.165, 1.54) is 0 Å². The lowest BCUT2D eigenvalue weighted by molar-refractivity contribution is 0.137. The molecule has 4 heteroatoms. The minimum atomic E-state index is -0.291. The fourth-order valence-electron chi connectivity index (χ4n) is 2.70. The first-order valence-electron chi connectivity index (χ1n) is 6.04. The normalized spacial score (nSPS) is 36.9. The van der Waals surface area contributed by atoms with E-state index in [0.29, 0.717) is 24.4 Å². The standard InChI is InChI=1S/C12H20N2O2/c1-3-16-12(15)14-11-8(2)4-5-9-6-13-7-10(9)11/h4-5,8-11,13H,3,6-7H2,1-2H3,(H,14,15). The first kappa shape index (κ1) is 11.5. The third-order valence-corrected chi connectivity index (χ3v) is 3.56. The van der Waals surface area contributed by atoms with Gasteiger partial charge in [-0.15, -0.1) is 0 Å². The molecule has 16 heavy (non-hydrogen) atoms. The molecule has 1 aliphatic carbocycles. The number of nitrogens with one attached hydrogen (secondary N) is 2. The fraction of sp³-hybridized carbons (Fsp3) is 0.750. The van der Waals surface area contributed by atoms with E-state index in [0.717, 1.165) is 13.1 Å². The predicted octanol–water partition coefficient (Wildman–Crippen LogP) is 1.14. The molecule has 4 unspecified atom stereocenters. The lowest BCUT2D eigenvalue weighted by atomic mass is 9.77. The zero-order chi connectivity index (χ0) is 11.5. The van der Waals surface area contributed by atoms with Crippen molar-refractivity contribution >= 4 is 6.09 Å². The molecule has 4 nitrogen and oxygen atoms in total. The number of hydrogen-bond donors (Lipinski definition) is 2. The number of carbonyl (C=O) groups is 1. The molecule has 1 fully saturated rings. The molecule has 0 aromatic heterocycles. The van der Waals surface area contributed by atoms with Crippen LogP contribution in [0.1, 0.15) is 13.8 Å². The van der Waals surface area contributed by atoms with Gasteiger partial charge in [0.25, 0.3) is 0 Å². The molecule has 1 heterocycles. The van der Waals surface area contributed by atoms with E-state index in [-0.39, 0.29) is 12.1 Å². The minimum absolute atomic E-state index is 0.198. The summed E-state index contributed by atoms with van der Waals surface area (Å²) in [4.78, 5) is 11.5. The van der Waals surface area contributed by atoms with Crippen LogP contribution >= 0.6 is 0 Å². The summed E-state index contributed by atoms with van der Waals surface area (Å²) in [7, 11) is 0. The van der Waals surface area contributed by atoms with Crippen LogP contribution < -0.4 is 10.6 Å². The molecule has 4 atom stereocenters. The van der Waals surface area contributed by atoms with Crippen LogP contribution in [0, 0.1) is 17.8 Å². The third kappa shape index (κ3) is 2.21. The third-order valence-electron chi connectivity index (χ3n) is 3.56. The topological polar surface area (TPSA) is 50.4 Å². The summed E-state index contributed by atoms with van der Waals surface area (Å²) in [5.41, 5.74) is 0. The molecular formula is C12H20N2O2. The van der Waals surface area contributed by atoms with Crippen molar-refractivity contribution in [2.75, 3.05) is 19.7 Å². The van der Waals surface area contributed by atoms with Crippen molar-refractivity contribution < 1.29 is 9.53 Å². The van der Waals surface area contributed by atoms with Crippen LogP contribution in [0.3, 0.4) is 0 Å². The number of alkyl carbamates (subject to hydrolysis) is 1. The molecule has 0 bridgehead atoms. The van der Waals surface area contributed by atoms with Gasteiger partial charge in [0.1, 0.15) is 0 Å². The van der Waals surface area contributed by atoms with Crippen LogP contribution in [0.4, 0.5) is 4.79 Å². The van der Waals surface area contributed by atoms with Crippen molar-refractivity contribution in [3.05, 3.63) is 12.2 Å². The fourth-order valence-corrected chi connectivity index (χ4v) is 2.70. The van der Waals surface area contributed by atoms with Gasteiger partial charge in [0.15, 0.2) is 0 Å². The molecule has 0 aromatic carbocycles. The Hall–Kier alpha value is -1.03. The Morgan fingerprint density at radius 2 is 2.31 bits per heavy atom. The molecule has 2 N–H and O–H groups in total. The largest absolute Gasteiger partial charge is 0.450 e. The smallest absolute Gasteiger partial charge is 0.407 e. The zero-order valence-corrected chi connectivity index (χ0v) is 9.90. The molecule has 2 rings (SSSR count). The van der Waals surface area contributed by atoms with Gasteiger partial charge in [-0.3, -0.25) is 0 Å². The second kappa shape index (κ2) is 4.87. The molecule has 1 saturated heterocycles. The summed E-state index contributed by atoms with van der Waals surface area (Å²) in [5.74, 6) is 1.44. The first-order valence-corrected chi connectivity index (χ1v) is 6.04. The van der Waals surface area contributed by atoms with Crippen LogP contribution in [-0.2, 0) is 4.74 Å². The Balaban J connectivity index is 2.01. The Kier molecular flexibility index (Phi) is 3.49. The van der Waals surface area contributed by atoms with Crippen molar-refractivity contribution in [1.82, 2.24) is 10.6 Å². The Labute approximate surface area is 96.4 Å². The number of amides is 1. The molecule has 90 valence electrons. The van der Waals surface area contributed by atoms with Gasteiger partial charge in [-0.05, 0) is 24.7 Å². The van der Waals surface area contributed by atoms with Crippen molar-refractivity contribution in [3.8, 4) is 0 Å². The lowest BCUT2D eigenvalue weighted by Gasteiger charge is -2.34. The second-order valence-electron chi connectivity index (χ2n) is 4.62. The van der Waals surface area contributed by atoms with E-state index < -0.39 is 0 Å². The average Bonchev–Trinajstić information content (AvgIpc) is 2.71. The van der Waals surface area contributed by atoms with Gasteiger partial charge in [0, 0.05) is 19.1 Å². The highest BCUT2D eigenvalue weighted by Gasteiger charge is 2.38. The van der Waals surface area contributed by atoms with Gasteiger partial charge in [0.05, 0.1) is 6.61 Å². The summed E-state index contributed by atoms with van der Waals surface area (Å²) in [6.45, 7) is 6.39. The van der Waals surface area contributed by atoms with Crippen molar-refractivity contribution in [3.63, 3.8) is 0 Å². The molecule has 1 amide bonds. The average molecular weight is 224 g/mol. The van der Waals surface area contributed by atoms with E-state index in [9.17, 15) is 4.79 Å². The van der Waals surface area contributed by atoms with E-state index in [1.54, 1.807) is 0 Å². The van der Waals surface area contributed by atoms with E-state index in [1.807, 2.05) is 6.92 Å². The Morgan fingerprint density at radius 3 is 3.06 bits per heavy atom. The van der Waals surface area contributed by atoms with Crippen LogP contribution in [0.15, 0.2) is 12.2 Å². The quantitative estimate of drug-likeness (QED) is 0.692. The number of hydrogen-bond acceptors (Lipinski definition) is 3. The highest BCUT2D eigenvalue weighted by atomic mass is 16.5.